The molecule has 1 saturated heterocycles. The first kappa shape index (κ1) is 12.1. The minimum absolute atomic E-state index is 0.139. The van der Waals surface area contributed by atoms with Crippen molar-refractivity contribution >= 4 is 5.78 Å². The third-order valence-electron chi connectivity index (χ3n) is 4.00. The summed E-state index contributed by atoms with van der Waals surface area (Å²) in [6, 6.07) is 0. The summed E-state index contributed by atoms with van der Waals surface area (Å²) in [6.45, 7) is 8.15. The van der Waals surface area contributed by atoms with E-state index in [0.29, 0.717) is 11.7 Å². The fourth-order valence-corrected chi connectivity index (χ4v) is 2.81. The van der Waals surface area contributed by atoms with Crippen molar-refractivity contribution in [2.24, 2.45) is 5.92 Å². The molecule has 0 aromatic heterocycles. The zero-order valence-corrected chi connectivity index (χ0v) is 10.5. The number of carbonyl (C=O) groups is 1. The third-order valence-corrected chi connectivity index (χ3v) is 4.00. The molecule has 92 valence electrons. The summed E-state index contributed by atoms with van der Waals surface area (Å²) >= 11 is 0. The Kier molecular flexibility index (Phi) is 3.65. The van der Waals surface area contributed by atoms with Crippen molar-refractivity contribution in [2.45, 2.75) is 45.1 Å². The Morgan fingerprint density at radius 3 is 2.94 bits per heavy atom. The van der Waals surface area contributed by atoms with Crippen LogP contribution in [0.1, 0.15) is 39.5 Å². The summed E-state index contributed by atoms with van der Waals surface area (Å²) in [7, 11) is 0. The fraction of sp³-hybridized carbons (Fsp3) is 0.923. The molecule has 0 spiro atoms. The van der Waals surface area contributed by atoms with E-state index in [2.05, 4.69) is 18.7 Å². The molecular weight excluding hydrogens is 202 g/mol. The van der Waals surface area contributed by atoms with Crippen LogP contribution in [0.15, 0.2) is 0 Å². The molecule has 1 saturated carbocycles. The van der Waals surface area contributed by atoms with Crippen LogP contribution in [0.4, 0.5) is 0 Å². The number of carbonyl (C=O) groups excluding carboxylic acids is 1. The van der Waals surface area contributed by atoms with Crippen molar-refractivity contribution in [3.63, 3.8) is 0 Å². The van der Waals surface area contributed by atoms with Crippen molar-refractivity contribution in [1.29, 1.82) is 0 Å². The van der Waals surface area contributed by atoms with Gasteiger partial charge in [-0.1, -0.05) is 0 Å². The highest BCUT2D eigenvalue weighted by Crippen LogP contribution is 2.26. The van der Waals surface area contributed by atoms with Gasteiger partial charge in [0.1, 0.15) is 5.78 Å². The normalized spacial score (nSPS) is 30.9. The molecule has 0 bridgehead atoms. The number of morpholine rings is 1. The molecular formula is C13H23NO2. The molecule has 0 aromatic rings. The molecule has 1 unspecified atom stereocenters. The summed E-state index contributed by atoms with van der Waals surface area (Å²) < 4.78 is 5.50. The fourth-order valence-electron chi connectivity index (χ4n) is 2.81. The van der Waals surface area contributed by atoms with Crippen LogP contribution in [0.2, 0.25) is 0 Å². The van der Waals surface area contributed by atoms with E-state index in [1.807, 2.05) is 0 Å². The molecule has 2 aliphatic rings. The lowest BCUT2D eigenvalue weighted by molar-refractivity contribution is -0.121. The molecule has 1 heterocycles. The maximum Gasteiger partial charge on any atom is 0.136 e. The van der Waals surface area contributed by atoms with Gasteiger partial charge in [-0.05, 0) is 39.7 Å². The molecule has 1 atom stereocenters. The van der Waals surface area contributed by atoms with Gasteiger partial charge in [0, 0.05) is 24.4 Å². The number of nitrogens with zero attached hydrogens (tertiary/aromatic N) is 1. The van der Waals surface area contributed by atoms with E-state index in [0.717, 1.165) is 52.0 Å². The molecule has 2 rings (SSSR count). The second kappa shape index (κ2) is 4.84. The van der Waals surface area contributed by atoms with Crippen molar-refractivity contribution in [3.05, 3.63) is 0 Å². The van der Waals surface area contributed by atoms with E-state index in [4.69, 9.17) is 4.74 Å². The topological polar surface area (TPSA) is 29.5 Å². The van der Waals surface area contributed by atoms with Crippen molar-refractivity contribution in [2.75, 3.05) is 26.3 Å². The van der Waals surface area contributed by atoms with E-state index < -0.39 is 0 Å². The summed E-state index contributed by atoms with van der Waals surface area (Å²) in [5.74, 6) is 0.838. The second-order valence-electron chi connectivity index (χ2n) is 5.70. The lowest BCUT2D eigenvalue weighted by Crippen LogP contribution is -2.53. The van der Waals surface area contributed by atoms with E-state index in [9.17, 15) is 4.79 Å². The summed E-state index contributed by atoms with van der Waals surface area (Å²) in [6.07, 6.45) is 4.08. The molecule has 1 aliphatic heterocycles. The monoisotopic (exact) mass is 225 g/mol. The number of ether oxygens (including phenoxy) is 1. The lowest BCUT2D eigenvalue weighted by Gasteiger charge is -2.42. The zero-order valence-electron chi connectivity index (χ0n) is 10.5. The quantitative estimate of drug-likeness (QED) is 0.734. The summed E-state index contributed by atoms with van der Waals surface area (Å²) in [4.78, 5) is 14.0. The maximum absolute atomic E-state index is 11.6. The highest BCUT2D eigenvalue weighted by atomic mass is 16.5. The van der Waals surface area contributed by atoms with Gasteiger partial charge in [-0.2, -0.15) is 0 Å². The SMILES string of the molecule is CC1(C)COCCN1CCC1CCCC1=O. The number of rotatable bonds is 3. The zero-order chi connectivity index (χ0) is 11.6. The molecule has 0 amide bonds. The second-order valence-corrected chi connectivity index (χ2v) is 5.70. The molecule has 0 radical (unpaired) electrons. The molecule has 0 aromatic carbocycles. The predicted octanol–water partition coefficient (Wildman–Crippen LogP) is 1.86. The predicted molar refractivity (Wildman–Crippen MR) is 63.4 cm³/mol. The highest BCUT2D eigenvalue weighted by molar-refractivity contribution is 5.82. The lowest BCUT2D eigenvalue weighted by atomic mass is 9.98. The molecule has 2 fully saturated rings. The van der Waals surface area contributed by atoms with Gasteiger partial charge in [0.25, 0.3) is 0 Å². The number of hydrogen-bond acceptors (Lipinski definition) is 3. The Labute approximate surface area is 98.1 Å². The van der Waals surface area contributed by atoms with E-state index in [-0.39, 0.29) is 5.54 Å². The Morgan fingerprint density at radius 1 is 1.50 bits per heavy atom. The van der Waals surface area contributed by atoms with Gasteiger partial charge in [-0.3, -0.25) is 9.69 Å². The Bertz CT molecular complexity index is 263. The van der Waals surface area contributed by atoms with Gasteiger partial charge in [-0.15, -0.1) is 0 Å². The smallest absolute Gasteiger partial charge is 0.136 e. The largest absolute Gasteiger partial charge is 0.378 e. The van der Waals surface area contributed by atoms with Crippen LogP contribution in [0.25, 0.3) is 0 Å². The van der Waals surface area contributed by atoms with Gasteiger partial charge >= 0.3 is 0 Å². The van der Waals surface area contributed by atoms with Gasteiger partial charge in [0.05, 0.1) is 13.2 Å². The van der Waals surface area contributed by atoms with Crippen molar-refractivity contribution in [3.8, 4) is 0 Å². The van der Waals surface area contributed by atoms with Crippen LogP contribution in [-0.4, -0.2) is 42.5 Å². The minimum Gasteiger partial charge on any atom is -0.378 e. The maximum atomic E-state index is 11.6. The van der Waals surface area contributed by atoms with Crippen molar-refractivity contribution < 1.29 is 9.53 Å². The van der Waals surface area contributed by atoms with Gasteiger partial charge in [0.15, 0.2) is 0 Å². The average molecular weight is 225 g/mol. The minimum atomic E-state index is 0.139. The average Bonchev–Trinajstić information content (AvgIpc) is 2.62. The van der Waals surface area contributed by atoms with Crippen LogP contribution >= 0.6 is 0 Å². The number of hydrogen-bond donors (Lipinski definition) is 0. The summed E-state index contributed by atoms with van der Waals surface area (Å²) in [5.41, 5.74) is 0.139. The molecule has 3 heteroatoms. The first-order chi connectivity index (χ1) is 7.59. The van der Waals surface area contributed by atoms with E-state index in [1.165, 1.54) is 0 Å². The molecule has 3 nitrogen and oxygen atoms in total. The van der Waals surface area contributed by atoms with Gasteiger partial charge < -0.3 is 4.74 Å². The first-order valence-corrected chi connectivity index (χ1v) is 6.45. The molecule has 0 N–H and O–H groups in total. The standard InChI is InChI=1S/C13H23NO2/c1-13(2)10-16-9-8-14(13)7-6-11-4-3-5-12(11)15/h11H,3-10H2,1-2H3. The van der Waals surface area contributed by atoms with E-state index >= 15 is 0 Å². The van der Waals surface area contributed by atoms with Crippen LogP contribution in [0.5, 0.6) is 0 Å². The highest BCUT2D eigenvalue weighted by Gasteiger charge is 2.32. The van der Waals surface area contributed by atoms with Crippen LogP contribution < -0.4 is 0 Å². The third kappa shape index (κ3) is 2.64. The molecule has 16 heavy (non-hydrogen) atoms. The van der Waals surface area contributed by atoms with Gasteiger partial charge in [-0.25, -0.2) is 0 Å². The molecule has 1 aliphatic carbocycles. The van der Waals surface area contributed by atoms with E-state index in [1.54, 1.807) is 0 Å². The van der Waals surface area contributed by atoms with Gasteiger partial charge in [0.2, 0.25) is 0 Å². The first-order valence-electron chi connectivity index (χ1n) is 6.45. The summed E-state index contributed by atoms with van der Waals surface area (Å²) in [5, 5.41) is 0. The Balaban J connectivity index is 1.82. The van der Waals surface area contributed by atoms with Crippen LogP contribution in [0, 0.1) is 5.92 Å². The van der Waals surface area contributed by atoms with Crippen LogP contribution in [0.3, 0.4) is 0 Å². The Morgan fingerprint density at radius 2 is 2.31 bits per heavy atom. The number of Topliss-reactive ketones (excluding diaryl/α,β-unsaturated/α-hetero) is 1. The van der Waals surface area contributed by atoms with Crippen LogP contribution in [-0.2, 0) is 9.53 Å². The number of ketones is 1. The Hall–Kier alpha value is -0.410. The van der Waals surface area contributed by atoms with Crippen molar-refractivity contribution in [1.82, 2.24) is 4.90 Å².